The number of nitrogens with one attached hydrogen (secondary N) is 1. The second-order valence-electron chi connectivity index (χ2n) is 3.55. The molecule has 0 bridgehead atoms. The fraction of sp³-hybridized carbons (Fsp3) is 0.154. The minimum absolute atomic E-state index is 0.511. The Labute approximate surface area is 105 Å². The third kappa shape index (κ3) is 2.55. The standard InChI is InChI=1S/C13H12N4O/c1-18-12-4-2-3-10(7-14)13(12)16-8-11-5-6-15-9-17-11/h2-6,9,16H,8H2,1H3. The Bertz CT molecular complexity index is 563. The fourth-order valence-corrected chi connectivity index (χ4v) is 1.58. The van der Waals surface area contributed by atoms with Crippen LogP contribution in [-0.4, -0.2) is 17.1 Å². The van der Waals surface area contributed by atoms with Gasteiger partial charge >= 0.3 is 0 Å². The zero-order valence-electron chi connectivity index (χ0n) is 9.92. The van der Waals surface area contributed by atoms with E-state index in [4.69, 9.17) is 10.00 Å². The molecule has 2 aromatic rings. The van der Waals surface area contributed by atoms with E-state index in [2.05, 4.69) is 21.4 Å². The first-order valence-corrected chi connectivity index (χ1v) is 5.41. The maximum atomic E-state index is 9.06. The highest BCUT2D eigenvalue weighted by atomic mass is 16.5. The molecule has 0 aliphatic rings. The van der Waals surface area contributed by atoms with Crippen LogP contribution in [0.5, 0.6) is 5.75 Å². The van der Waals surface area contributed by atoms with Gasteiger partial charge in [-0.05, 0) is 18.2 Å². The van der Waals surface area contributed by atoms with Gasteiger partial charge in [0, 0.05) is 6.20 Å². The number of aromatic nitrogens is 2. The van der Waals surface area contributed by atoms with Gasteiger partial charge in [0.1, 0.15) is 18.1 Å². The number of hydrogen-bond acceptors (Lipinski definition) is 5. The molecule has 90 valence electrons. The maximum absolute atomic E-state index is 9.06. The average Bonchev–Trinajstić information content (AvgIpc) is 2.45. The van der Waals surface area contributed by atoms with Gasteiger partial charge in [-0.15, -0.1) is 0 Å². The maximum Gasteiger partial charge on any atom is 0.143 e. The van der Waals surface area contributed by atoms with Gasteiger partial charge in [0.25, 0.3) is 0 Å². The minimum Gasteiger partial charge on any atom is -0.495 e. The number of methoxy groups -OCH3 is 1. The molecule has 0 spiro atoms. The van der Waals surface area contributed by atoms with Gasteiger partial charge < -0.3 is 10.1 Å². The minimum atomic E-state index is 0.511. The molecule has 0 aliphatic carbocycles. The van der Waals surface area contributed by atoms with E-state index in [-0.39, 0.29) is 0 Å². The number of para-hydroxylation sites is 1. The van der Waals surface area contributed by atoms with Crippen molar-refractivity contribution in [2.75, 3.05) is 12.4 Å². The molecule has 1 heterocycles. The van der Waals surface area contributed by atoms with E-state index < -0.39 is 0 Å². The molecule has 0 unspecified atom stereocenters. The van der Waals surface area contributed by atoms with E-state index in [0.29, 0.717) is 23.5 Å². The summed E-state index contributed by atoms with van der Waals surface area (Å²) in [7, 11) is 1.58. The topological polar surface area (TPSA) is 70.8 Å². The lowest BCUT2D eigenvalue weighted by Crippen LogP contribution is -2.04. The number of benzene rings is 1. The van der Waals surface area contributed by atoms with Crippen LogP contribution >= 0.6 is 0 Å². The highest BCUT2D eigenvalue weighted by Gasteiger charge is 2.08. The van der Waals surface area contributed by atoms with E-state index in [9.17, 15) is 0 Å². The van der Waals surface area contributed by atoms with Gasteiger partial charge in [-0.2, -0.15) is 5.26 Å². The average molecular weight is 240 g/mol. The fourth-order valence-electron chi connectivity index (χ4n) is 1.58. The van der Waals surface area contributed by atoms with E-state index in [1.165, 1.54) is 6.33 Å². The number of rotatable bonds is 4. The van der Waals surface area contributed by atoms with Gasteiger partial charge in [0.2, 0.25) is 0 Å². The highest BCUT2D eigenvalue weighted by Crippen LogP contribution is 2.27. The largest absolute Gasteiger partial charge is 0.495 e. The molecule has 0 fully saturated rings. The SMILES string of the molecule is COc1cccc(C#N)c1NCc1ccncn1. The van der Waals surface area contributed by atoms with Crippen LogP contribution in [0.1, 0.15) is 11.3 Å². The van der Waals surface area contributed by atoms with E-state index >= 15 is 0 Å². The predicted octanol–water partition coefficient (Wildman–Crippen LogP) is 1.97. The van der Waals surface area contributed by atoms with E-state index in [1.807, 2.05) is 12.1 Å². The highest BCUT2D eigenvalue weighted by molar-refractivity contribution is 5.66. The number of nitriles is 1. The van der Waals surface area contributed by atoms with Crippen molar-refractivity contribution < 1.29 is 4.74 Å². The first kappa shape index (κ1) is 11.9. The molecule has 5 nitrogen and oxygen atoms in total. The molecule has 2 rings (SSSR count). The second-order valence-corrected chi connectivity index (χ2v) is 3.55. The summed E-state index contributed by atoms with van der Waals surface area (Å²) in [5.41, 5.74) is 2.07. The molecule has 0 atom stereocenters. The number of ether oxygens (including phenoxy) is 1. The number of anilines is 1. The van der Waals surface area contributed by atoms with Crippen molar-refractivity contribution >= 4 is 5.69 Å². The van der Waals surface area contributed by atoms with Crippen molar-refractivity contribution in [2.24, 2.45) is 0 Å². The predicted molar refractivity (Wildman–Crippen MR) is 67.1 cm³/mol. The van der Waals surface area contributed by atoms with Crippen LogP contribution in [0.15, 0.2) is 36.8 Å². The molecule has 1 aromatic heterocycles. The Morgan fingerprint density at radius 3 is 2.94 bits per heavy atom. The lowest BCUT2D eigenvalue weighted by molar-refractivity contribution is 0.416. The Balaban J connectivity index is 2.21. The molecule has 0 amide bonds. The van der Waals surface area contributed by atoms with Gasteiger partial charge in [0.05, 0.1) is 30.6 Å². The third-order valence-electron chi connectivity index (χ3n) is 2.46. The summed E-state index contributed by atoms with van der Waals surface area (Å²) in [6.07, 6.45) is 3.17. The summed E-state index contributed by atoms with van der Waals surface area (Å²) >= 11 is 0. The quantitative estimate of drug-likeness (QED) is 0.884. The molecule has 1 aromatic carbocycles. The third-order valence-corrected chi connectivity index (χ3v) is 2.46. The van der Waals surface area contributed by atoms with Crippen LogP contribution < -0.4 is 10.1 Å². The molecule has 0 radical (unpaired) electrons. The van der Waals surface area contributed by atoms with Crippen molar-refractivity contribution in [3.63, 3.8) is 0 Å². The van der Waals surface area contributed by atoms with Crippen molar-refractivity contribution in [3.05, 3.63) is 48.0 Å². The van der Waals surface area contributed by atoms with Crippen LogP contribution in [0.2, 0.25) is 0 Å². The molecule has 18 heavy (non-hydrogen) atoms. The molecular formula is C13H12N4O. The van der Waals surface area contributed by atoms with Crippen LogP contribution in [0.4, 0.5) is 5.69 Å². The van der Waals surface area contributed by atoms with E-state index in [0.717, 1.165) is 5.69 Å². The monoisotopic (exact) mass is 240 g/mol. The van der Waals surface area contributed by atoms with Crippen molar-refractivity contribution in [2.45, 2.75) is 6.54 Å². The van der Waals surface area contributed by atoms with Crippen LogP contribution in [-0.2, 0) is 6.54 Å². The Hall–Kier alpha value is -2.61. The van der Waals surface area contributed by atoms with Gasteiger partial charge in [-0.25, -0.2) is 9.97 Å². The van der Waals surface area contributed by atoms with Crippen LogP contribution in [0, 0.1) is 11.3 Å². The summed E-state index contributed by atoms with van der Waals surface area (Å²) < 4.78 is 5.23. The second kappa shape index (κ2) is 5.64. The van der Waals surface area contributed by atoms with Crippen molar-refractivity contribution in [1.29, 1.82) is 5.26 Å². The Morgan fingerprint density at radius 1 is 1.39 bits per heavy atom. The summed E-state index contributed by atoms with van der Waals surface area (Å²) in [5.74, 6) is 0.642. The van der Waals surface area contributed by atoms with Gasteiger partial charge in [0.15, 0.2) is 0 Å². The Morgan fingerprint density at radius 2 is 2.28 bits per heavy atom. The van der Waals surface area contributed by atoms with Crippen molar-refractivity contribution in [1.82, 2.24) is 9.97 Å². The van der Waals surface area contributed by atoms with Crippen LogP contribution in [0.3, 0.4) is 0 Å². The number of hydrogen-bond donors (Lipinski definition) is 1. The summed E-state index contributed by atoms with van der Waals surface area (Å²) in [5, 5.41) is 12.2. The normalized spacial score (nSPS) is 9.56. The molecular weight excluding hydrogens is 228 g/mol. The van der Waals surface area contributed by atoms with Crippen LogP contribution in [0.25, 0.3) is 0 Å². The van der Waals surface area contributed by atoms with E-state index in [1.54, 1.807) is 25.4 Å². The molecule has 0 aliphatic heterocycles. The lowest BCUT2D eigenvalue weighted by Gasteiger charge is -2.12. The zero-order chi connectivity index (χ0) is 12.8. The van der Waals surface area contributed by atoms with Gasteiger partial charge in [-0.3, -0.25) is 0 Å². The summed E-state index contributed by atoms with van der Waals surface area (Å²) in [6, 6.07) is 9.28. The molecule has 0 saturated carbocycles. The smallest absolute Gasteiger partial charge is 0.143 e. The lowest BCUT2D eigenvalue weighted by atomic mass is 10.1. The molecule has 0 saturated heterocycles. The summed E-state index contributed by atoms with van der Waals surface area (Å²) in [6.45, 7) is 0.511. The Kier molecular flexibility index (Phi) is 3.72. The number of nitrogens with zero attached hydrogens (tertiary/aromatic N) is 3. The summed E-state index contributed by atoms with van der Waals surface area (Å²) in [4.78, 5) is 7.96. The molecule has 1 N–H and O–H groups in total. The van der Waals surface area contributed by atoms with Crippen molar-refractivity contribution in [3.8, 4) is 11.8 Å². The van der Waals surface area contributed by atoms with Gasteiger partial charge in [-0.1, -0.05) is 6.07 Å². The zero-order valence-corrected chi connectivity index (χ0v) is 9.92. The first-order chi connectivity index (χ1) is 8.85. The first-order valence-electron chi connectivity index (χ1n) is 5.41. The molecule has 5 heteroatoms.